The molecule has 36 heavy (non-hydrogen) atoms. The molecule has 0 spiro atoms. The van der Waals surface area contributed by atoms with Crippen molar-refractivity contribution in [2.45, 2.75) is 44.8 Å². The van der Waals surface area contributed by atoms with Gasteiger partial charge in [0.25, 0.3) is 0 Å². The summed E-state index contributed by atoms with van der Waals surface area (Å²) in [4.78, 5) is 13.8. The number of aliphatic hydroxyl groups is 2. The van der Waals surface area contributed by atoms with Crippen LogP contribution in [0.2, 0.25) is 5.02 Å². The summed E-state index contributed by atoms with van der Waals surface area (Å²) in [6, 6.07) is 6.11. The lowest BCUT2D eigenvalue weighted by Crippen LogP contribution is -2.44. The van der Waals surface area contributed by atoms with Crippen molar-refractivity contribution >= 4 is 41.8 Å². The minimum absolute atomic E-state index is 0. The first-order valence-corrected chi connectivity index (χ1v) is 12.7. The molecule has 11 heteroatoms. The molecule has 2 saturated heterocycles. The molecule has 0 aliphatic carbocycles. The van der Waals surface area contributed by atoms with Crippen molar-refractivity contribution < 1.29 is 14.9 Å². The highest BCUT2D eigenvalue weighted by atomic mass is 35.5. The second kappa shape index (κ2) is 11.6. The Labute approximate surface area is 223 Å². The summed E-state index contributed by atoms with van der Waals surface area (Å²) in [5.41, 5.74) is 2.11. The van der Waals surface area contributed by atoms with Gasteiger partial charge in [-0.3, -0.25) is 0 Å². The highest BCUT2D eigenvalue weighted by Crippen LogP contribution is 2.36. The first kappa shape index (κ1) is 27.1. The van der Waals surface area contributed by atoms with E-state index in [1.165, 1.54) is 0 Å². The zero-order valence-corrected chi connectivity index (χ0v) is 22.5. The van der Waals surface area contributed by atoms with Crippen LogP contribution in [0.3, 0.4) is 0 Å². The molecule has 0 radical (unpaired) electrons. The Hall–Kier alpha value is -1.95. The Balaban J connectivity index is 0.00000304. The molecule has 5 rings (SSSR count). The number of rotatable bonds is 6. The van der Waals surface area contributed by atoms with Gasteiger partial charge in [0.1, 0.15) is 11.6 Å². The number of aryl methyl sites for hydroxylation is 1. The number of ether oxygens (including phenoxy) is 1. The van der Waals surface area contributed by atoms with Gasteiger partial charge in [-0.05, 0) is 63.4 Å². The number of halogens is 1. The molecule has 1 unspecified atom stereocenters. The number of fused-ring (bicyclic) bond motifs is 1. The lowest BCUT2D eigenvalue weighted by atomic mass is 9.89. The Morgan fingerprint density at radius 3 is 2.61 bits per heavy atom. The van der Waals surface area contributed by atoms with E-state index in [1.54, 1.807) is 0 Å². The molecule has 0 saturated carbocycles. The molecule has 2 aromatic heterocycles. The molecular formula is C25H35ClN6O3S. The normalized spacial score (nSPS) is 20.5. The number of piperidine rings is 1. The third-order valence-corrected chi connectivity index (χ3v) is 7.26. The summed E-state index contributed by atoms with van der Waals surface area (Å²) >= 11 is 6.74. The van der Waals surface area contributed by atoms with Crippen molar-refractivity contribution in [3.8, 4) is 5.82 Å². The predicted octanol–water partition coefficient (Wildman–Crippen LogP) is 2.65. The number of hydrogen-bond donors (Lipinski definition) is 2. The molecule has 2 aliphatic rings. The van der Waals surface area contributed by atoms with Gasteiger partial charge in [-0.25, -0.2) is 14.6 Å². The summed E-state index contributed by atoms with van der Waals surface area (Å²) in [7, 11) is 0. The van der Waals surface area contributed by atoms with E-state index >= 15 is 0 Å². The van der Waals surface area contributed by atoms with E-state index in [1.807, 2.05) is 36.9 Å². The number of likely N-dealkylation sites (tertiary alicyclic amines) is 1. The van der Waals surface area contributed by atoms with Gasteiger partial charge >= 0.3 is 0 Å². The van der Waals surface area contributed by atoms with E-state index < -0.39 is 0 Å². The maximum atomic E-state index is 9.71. The summed E-state index contributed by atoms with van der Waals surface area (Å²) < 4.78 is 7.46. The van der Waals surface area contributed by atoms with Gasteiger partial charge in [0.2, 0.25) is 0 Å². The average molecular weight is 535 g/mol. The second-order valence-electron chi connectivity index (χ2n) is 9.67. The maximum absolute atomic E-state index is 9.71. The van der Waals surface area contributed by atoms with E-state index in [-0.39, 0.29) is 32.3 Å². The van der Waals surface area contributed by atoms with Crippen molar-refractivity contribution in [1.82, 2.24) is 24.6 Å². The molecule has 3 aromatic rings. The quantitative estimate of drug-likeness (QED) is 0.498. The minimum atomic E-state index is -0.311. The van der Waals surface area contributed by atoms with Crippen molar-refractivity contribution in [2.24, 2.45) is 0 Å². The standard InChI is InChI=1S/C25H33ClN6O3.H2S/c1-16(34)13-30-5-3-18(4-6-30)21-10-23-19(9-22(21)26)12-27-32(23)25-11-24(28-17(2)29-25)31-7-8-35-20(14-31)15-33;/h9-12,16,18,20,33-34H,3-8,13-15H2,1-2H3;1H2/t16?,20-;/m0./s1. The topological polar surface area (TPSA) is 99.8 Å². The predicted molar refractivity (Wildman–Crippen MR) is 146 cm³/mol. The molecule has 2 N–H and O–H groups in total. The van der Waals surface area contributed by atoms with Crippen LogP contribution in [0.25, 0.3) is 16.7 Å². The number of morpholine rings is 1. The Bertz CT molecular complexity index is 1180. The minimum Gasteiger partial charge on any atom is -0.394 e. The highest BCUT2D eigenvalue weighted by Gasteiger charge is 2.25. The third kappa shape index (κ3) is 5.79. The molecule has 2 aliphatic heterocycles. The van der Waals surface area contributed by atoms with Gasteiger partial charge < -0.3 is 24.7 Å². The van der Waals surface area contributed by atoms with Crippen LogP contribution in [-0.4, -0.2) is 93.0 Å². The Morgan fingerprint density at radius 1 is 1.14 bits per heavy atom. The number of benzene rings is 1. The SMILES string of the molecule is Cc1nc(N2CCO[C@H](CO)C2)cc(-n2ncc3cc(Cl)c(C4CCN(CC(C)O)CC4)cc32)n1.S. The number of aromatic nitrogens is 4. The van der Waals surface area contributed by atoms with Crippen LogP contribution in [-0.2, 0) is 4.74 Å². The fraction of sp³-hybridized carbons (Fsp3) is 0.560. The maximum Gasteiger partial charge on any atom is 0.159 e. The first-order chi connectivity index (χ1) is 16.9. The van der Waals surface area contributed by atoms with Gasteiger partial charge in [0, 0.05) is 36.1 Å². The first-order valence-electron chi connectivity index (χ1n) is 12.3. The molecule has 4 heterocycles. The van der Waals surface area contributed by atoms with Crippen LogP contribution >= 0.6 is 25.1 Å². The molecule has 2 atom stereocenters. The lowest BCUT2D eigenvalue weighted by molar-refractivity contribution is 0.00335. The van der Waals surface area contributed by atoms with Crippen molar-refractivity contribution in [3.05, 3.63) is 40.8 Å². The summed E-state index contributed by atoms with van der Waals surface area (Å²) in [5.74, 6) is 2.53. The highest BCUT2D eigenvalue weighted by molar-refractivity contribution is 7.59. The Kier molecular flexibility index (Phi) is 8.75. The molecule has 0 bridgehead atoms. The van der Waals surface area contributed by atoms with E-state index in [9.17, 15) is 10.2 Å². The molecule has 9 nitrogen and oxygen atoms in total. The number of nitrogens with zero attached hydrogens (tertiary/aromatic N) is 6. The van der Waals surface area contributed by atoms with Gasteiger partial charge in [-0.2, -0.15) is 18.6 Å². The van der Waals surface area contributed by atoms with Crippen LogP contribution in [0, 0.1) is 6.92 Å². The third-order valence-electron chi connectivity index (χ3n) is 6.93. The van der Waals surface area contributed by atoms with Crippen molar-refractivity contribution in [2.75, 3.05) is 50.8 Å². The molecule has 196 valence electrons. The van der Waals surface area contributed by atoms with Gasteiger partial charge in [-0.15, -0.1) is 0 Å². The molecular weight excluding hydrogens is 500 g/mol. The van der Waals surface area contributed by atoms with E-state index in [2.05, 4.69) is 30.9 Å². The fourth-order valence-corrected chi connectivity index (χ4v) is 5.53. The van der Waals surface area contributed by atoms with Crippen molar-refractivity contribution in [1.29, 1.82) is 0 Å². The average Bonchev–Trinajstić information content (AvgIpc) is 3.26. The summed E-state index contributed by atoms with van der Waals surface area (Å²) in [6.07, 6.45) is 3.31. The second-order valence-corrected chi connectivity index (χ2v) is 10.1. The van der Waals surface area contributed by atoms with Gasteiger partial charge in [0.15, 0.2) is 5.82 Å². The van der Waals surface area contributed by atoms with Gasteiger partial charge in [0.05, 0.1) is 37.1 Å². The van der Waals surface area contributed by atoms with E-state index in [4.69, 9.17) is 16.3 Å². The number of aliphatic hydroxyl groups excluding tert-OH is 2. The zero-order valence-electron chi connectivity index (χ0n) is 20.8. The van der Waals surface area contributed by atoms with E-state index in [0.717, 1.165) is 53.2 Å². The number of β-amino-alcohol motifs (C(OH)–C–C–N with tert-alkyl or cyclic N) is 1. The molecule has 2 fully saturated rings. The number of hydrogen-bond acceptors (Lipinski definition) is 8. The van der Waals surface area contributed by atoms with Gasteiger partial charge in [-0.1, -0.05) is 11.6 Å². The van der Waals surface area contributed by atoms with Crippen molar-refractivity contribution in [3.63, 3.8) is 0 Å². The lowest BCUT2D eigenvalue weighted by Gasteiger charge is -2.33. The van der Waals surface area contributed by atoms with Crippen LogP contribution < -0.4 is 4.90 Å². The van der Waals surface area contributed by atoms with E-state index in [0.29, 0.717) is 43.8 Å². The summed E-state index contributed by atoms with van der Waals surface area (Å²) in [6.45, 7) is 8.15. The smallest absolute Gasteiger partial charge is 0.159 e. The van der Waals surface area contributed by atoms with Crippen LogP contribution in [0.1, 0.15) is 37.1 Å². The Morgan fingerprint density at radius 2 is 1.89 bits per heavy atom. The monoisotopic (exact) mass is 534 g/mol. The van der Waals surface area contributed by atoms with Crippen LogP contribution in [0.15, 0.2) is 24.4 Å². The zero-order chi connectivity index (χ0) is 24.5. The fourth-order valence-electron chi connectivity index (χ4n) is 5.20. The largest absolute Gasteiger partial charge is 0.394 e. The van der Waals surface area contributed by atoms with Crippen LogP contribution in [0.5, 0.6) is 0 Å². The summed E-state index contributed by atoms with van der Waals surface area (Å²) in [5, 5.41) is 25.6. The number of anilines is 1. The molecule has 0 amide bonds. The molecule has 1 aromatic carbocycles. The van der Waals surface area contributed by atoms with Crippen LogP contribution in [0.4, 0.5) is 5.82 Å².